The Morgan fingerprint density at radius 1 is 1.37 bits per heavy atom. The summed E-state index contributed by atoms with van der Waals surface area (Å²) in [6.07, 6.45) is 0. The number of nitrogen functional groups attached to an aromatic ring is 1. The lowest BCUT2D eigenvalue weighted by atomic mass is 10.3. The van der Waals surface area contributed by atoms with Crippen LogP contribution in [0.2, 0.25) is 5.02 Å². The molecule has 0 radical (unpaired) electrons. The fraction of sp³-hybridized carbons (Fsp3) is 0. The number of rotatable bonds is 3. The van der Waals surface area contributed by atoms with Crippen molar-refractivity contribution in [2.75, 3.05) is 11.1 Å². The lowest BCUT2D eigenvalue weighted by Gasteiger charge is -2.08. The van der Waals surface area contributed by atoms with E-state index in [2.05, 4.69) is 26.2 Å². The van der Waals surface area contributed by atoms with Crippen LogP contribution in [0.15, 0.2) is 34.8 Å². The summed E-state index contributed by atoms with van der Waals surface area (Å²) in [4.78, 5) is 14.3. The van der Waals surface area contributed by atoms with E-state index in [1.54, 1.807) is 18.2 Å². The summed E-state index contributed by atoms with van der Waals surface area (Å²) in [5.74, 6) is 0.232. The molecule has 0 bridgehead atoms. The first kappa shape index (κ1) is 13.6. The monoisotopic (exact) mass is 342 g/mol. The Hall–Kier alpha value is -1.86. The fourth-order valence-electron chi connectivity index (χ4n) is 1.42. The van der Waals surface area contributed by atoms with E-state index in [0.29, 0.717) is 10.7 Å². The average molecular weight is 344 g/mol. The van der Waals surface area contributed by atoms with Gasteiger partial charge < -0.3 is 11.1 Å². The van der Waals surface area contributed by atoms with Gasteiger partial charge >= 0.3 is 5.69 Å². The van der Waals surface area contributed by atoms with Crippen LogP contribution in [-0.4, -0.2) is 9.91 Å². The van der Waals surface area contributed by atoms with Crippen LogP contribution in [0, 0.1) is 10.1 Å². The summed E-state index contributed by atoms with van der Waals surface area (Å²) < 4.78 is 0.804. The number of pyridine rings is 1. The van der Waals surface area contributed by atoms with Gasteiger partial charge in [0.15, 0.2) is 0 Å². The maximum Gasteiger partial charge on any atom is 0.311 e. The number of hydrogen-bond donors (Lipinski definition) is 2. The SMILES string of the molecule is Nc1ccc([N+](=O)[O-])c(Nc2ccc(Br)cc2Cl)n1. The van der Waals surface area contributed by atoms with E-state index in [-0.39, 0.29) is 17.3 Å². The number of benzene rings is 1. The number of nitro groups is 1. The van der Waals surface area contributed by atoms with Crippen LogP contribution >= 0.6 is 27.5 Å². The van der Waals surface area contributed by atoms with Gasteiger partial charge in [-0.15, -0.1) is 0 Å². The number of nitrogens with one attached hydrogen (secondary N) is 1. The van der Waals surface area contributed by atoms with Crippen LogP contribution in [0.5, 0.6) is 0 Å². The molecule has 1 heterocycles. The van der Waals surface area contributed by atoms with Gasteiger partial charge in [0, 0.05) is 10.5 Å². The third-order valence-corrected chi connectivity index (χ3v) is 3.08. The van der Waals surface area contributed by atoms with Gasteiger partial charge in [-0.25, -0.2) is 4.98 Å². The molecule has 0 amide bonds. The van der Waals surface area contributed by atoms with Crippen molar-refractivity contribution in [1.82, 2.24) is 4.98 Å². The normalized spacial score (nSPS) is 10.2. The van der Waals surface area contributed by atoms with Crippen molar-refractivity contribution in [3.63, 3.8) is 0 Å². The van der Waals surface area contributed by atoms with Crippen molar-refractivity contribution in [1.29, 1.82) is 0 Å². The fourth-order valence-corrected chi connectivity index (χ4v) is 2.15. The standard InChI is InChI=1S/C11H8BrClN4O2/c12-6-1-2-8(7(13)5-6)15-11-9(17(18)19)3-4-10(14)16-11/h1-5H,(H3,14,15,16). The summed E-state index contributed by atoms with van der Waals surface area (Å²) in [5, 5.41) is 14.1. The van der Waals surface area contributed by atoms with Gasteiger partial charge in [0.2, 0.25) is 5.82 Å². The number of halogens is 2. The molecule has 2 aromatic rings. The highest BCUT2D eigenvalue weighted by molar-refractivity contribution is 9.10. The minimum Gasteiger partial charge on any atom is -0.384 e. The highest BCUT2D eigenvalue weighted by atomic mass is 79.9. The molecule has 0 aliphatic carbocycles. The average Bonchev–Trinajstić information content (AvgIpc) is 2.32. The Bertz CT molecular complexity index is 651. The van der Waals surface area contributed by atoms with E-state index in [1.807, 2.05) is 0 Å². The molecular weight excluding hydrogens is 336 g/mol. The van der Waals surface area contributed by atoms with Crippen LogP contribution in [0.25, 0.3) is 0 Å². The second kappa shape index (κ2) is 5.41. The molecule has 0 aliphatic rings. The van der Waals surface area contributed by atoms with E-state index in [1.165, 1.54) is 12.1 Å². The summed E-state index contributed by atoms with van der Waals surface area (Å²) in [6, 6.07) is 7.76. The molecule has 0 unspecified atom stereocenters. The van der Waals surface area contributed by atoms with Crippen molar-refractivity contribution >= 4 is 50.5 Å². The van der Waals surface area contributed by atoms with E-state index in [0.717, 1.165) is 4.47 Å². The Kier molecular flexibility index (Phi) is 3.87. The van der Waals surface area contributed by atoms with E-state index in [9.17, 15) is 10.1 Å². The smallest absolute Gasteiger partial charge is 0.311 e. The topological polar surface area (TPSA) is 94.1 Å². The molecule has 0 atom stereocenters. The van der Waals surface area contributed by atoms with Crippen molar-refractivity contribution in [3.8, 4) is 0 Å². The zero-order valence-electron chi connectivity index (χ0n) is 9.43. The number of aromatic nitrogens is 1. The van der Waals surface area contributed by atoms with Crippen LogP contribution in [0.3, 0.4) is 0 Å². The molecule has 8 heteroatoms. The Balaban J connectivity index is 2.42. The second-order valence-corrected chi connectivity index (χ2v) is 4.93. The van der Waals surface area contributed by atoms with Gasteiger partial charge in [-0.2, -0.15) is 0 Å². The highest BCUT2D eigenvalue weighted by Gasteiger charge is 2.16. The van der Waals surface area contributed by atoms with E-state index in [4.69, 9.17) is 17.3 Å². The van der Waals surface area contributed by atoms with Crippen molar-refractivity contribution < 1.29 is 4.92 Å². The molecule has 19 heavy (non-hydrogen) atoms. The first-order valence-electron chi connectivity index (χ1n) is 5.10. The quantitative estimate of drug-likeness (QED) is 0.654. The Labute approximate surface area is 121 Å². The van der Waals surface area contributed by atoms with Gasteiger partial charge in [0.05, 0.1) is 15.6 Å². The molecule has 0 saturated heterocycles. The minimum atomic E-state index is -0.540. The summed E-state index contributed by atoms with van der Waals surface area (Å²) in [5.41, 5.74) is 5.86. The second-order valence-electron chi connectivity index (χ2n) is 3.61. The van der Waals surface area contributed by atoms with Gasteiger partial charge in [-0.1, -0.05) is 27.5 Å². The maximum absolute atomic E-state index is 10.9. The van der Waals surface area contributed by atoms with E-state index < -0.39 is 4.92 Å². The van der Waals surface area contributed by atoms with Gasteiger partial charge in [-0.3, -0.25) is 10.1 Å². The van der Waals surface area contributed by atoms with Crippen LogP contribution in [0.1, 0.15) is 0 Å². The van der Waals surface area contributed by atoms with Crippen molar-refractivity contribution in [2.45, 2.75) is 0 Å². The highest BCUT2D eigenvalue weighted by Crippen LogP contribution is 2.31. The molecular formula is C11H8BrClN4O2. The minimum absolute atomic E-state index is 0.0502. The molecule has 1 aromatic heterocycles. The lowest BCUT2D eigenvalue weighted by molar-refractivity contribution is -0.384. The summed E-state index contributed by atoms with van der Waals surface area (Å²) in [7, 11) is 0. The number of nitrogens with zero attached hydrogens (tertiary/aromatic N) is 2. The van der Waals surface area contributed by atoms with E-state index >= 15 is 0 Å². The first-order chi connectivity index (χ1) is 8.97. The van der Waals surface area contributed by atoms with Gasteiger partial charge in [-0.05, 0) is 24.3 Å². The van der Waals surface area contributed by atoms with Crippen LogP contribution in [-0.2, 0) is 0 Å². The van der Waals surface area contributed by atoms with Gasteiger partial charge in [0.1, 0.15) is 5.82 Å². The zero-order valence-corrected chi connectivity index (χ0v) is 11.8. The molecule has 0 fully saturated rings. The number of nitrogens with two attached hydrogens (primary N) is 1. The largest absolute Gasteiger partial charge is 0.384 e. The number of hydrogen-bond acceptors (Lipinski definition) is 5. The van der Waals surface area contributed by atoms with Gasteiger partial charge in [0.25, 0.3) is 0 Å². The molecule has 6 nitrogen and oxygen atoms in total. The molecule has 98 valence electrons. The third-order valence-electron chi connectivity index (χ3n) is 2.28. The predicted octanol–water partition coefficient (Wildman–Crippen LogP) is 3.73. The van der Waals surface area contributed by atoms with Crippen LogP contribution in [0.4, 0.5) is 23.0 Å². The maximum atomic E-state index is 10.9. The lowest BCUT2D eigenvalue weighted by Crippen LogP contribution is -2.02. The summed E-state index contributed by atoms with van der Waals surface area (Å²) >= 11 is 9.30. The molecule has 0 saturated carbocycles. The Morgan fingerprint density at radius 3 is 2.74 bits per heavy atom. The molecule has 3 N–H and O–H groups in total. The molecule has 0 spiro atoms. The zero-order chi connectivity index (χ0) is 14.0. The molecule has 0 aliphatic heterocycles. The molecule has 2 rings (SSSR count). The summed E-state index contributed by atoms with van der Waals surface area (Å²) in [6.45, 7) is 0. The Morgan fingerprint density at radius 2 is 2.11 bits per heavy atom. The predicted molar refractivity (Wildman–Crippen MR) is 77.7 cm³/mol. The molecule has 1 aromatic carbocycles. The van der Waals surface area contributed by atoms with Crippen molar-refractivity contribution in [2.24, 2.45) is 0 Å². The number of anilines is 3. The third kappa shape index (κ3) is 3.12. The van der Waals surface area contributed by atoms with Crippen LogP contribution < -0.4 is 11.1 Å². The van der Waals surface area contributed by atoms with Crippen molar-refractivity contribution in [3.05, 3.63) is 49.9 Å². The first-order valence-corrected chi connectivity index (χ1v) is 6.27.